The third-order valence-corrected chi connectivity index (χ3v) is 2.62. The number of hydrogen-bond donors (Lipinski definition) is 0. The first kappa shape index (κ1) is 15.9. The second-order valence-corrected chi connectivity index (χ2v) is 4.12. The van der Waals surface area contributed by atoms with Gasteiger partial charge in [-0.15, -0.1) is 0 Å². The Hall–Kier alpha value is -1.06. The lowest BCUT2D eigenvalue weighted by Gasteiger charge is -2.20. The quantitative estimate of drug-likeness (QED) is 0.461. The normalized spacial score (nSPS) is 10.1. The number of carbonyl (C=O) groups excluding carboxylic acids is 2. The fourth-order valence-corrected chi connectivity index (χ4v) is 1.62. The lowest BCUT2D eigenvalue weighted by Crippen LogP contribution is -2.32. The van der Waals surface area contributed by atoms with E-state index in [1.807, 2.05) is 0 Å². The molecular formula is C13H25NO3. The SMILES string of the molecule is CCCCCCN(CCC(=O)OCC)C(C)=O. The predicted molar refractivity (Wildman–Crippen MR) is 67.6 cm³/mol. The van der Waals surface area contributed by atoms with Gasteiger partial charge in [0.05, 0.1) is 13.0 Å². The average Bonchev–Trinajstić information content (AvgIpc) is 2.28. The number of rotatable bonds is 9. The number of unbranched alkanes of at least 4 members (excludes halogenated alkanes) is 3. The molecule has 0 spiro atoms. The van der Waals surface area contributed by atoms with Crippen molar-refractivity contribution in [3.63, 3.8) is 0 Å². The first-order chi connectivity index (χ1) is 8.11. The van der Waals surface area contributed by atoms with Crippen LogP contribution in [0, 0.1) is 0 Å². The van der Waals surface area contributed by atoms with Gasteiger partial charge in [-0.25, -0.2) is 0 Å². The first-order valence-corrected chi connectivity index (χ1v) is 6.52. The molecule has 0 aliphatic carbocycles. The summed E-state index contributed by atoms with van der Waals surface area (Å²) < 4.78 is 4.84. The zero-order valence-corrected chi connectivity index (χ0v) is 11.3. The maximum atomic E-state index is 11.4. The molecule has 4 heteroatoms. The predicted octanol–water partition coefficient (Wildman–Crippen LogP) is 2.37. The Morgan fingerprint density at radius 1 is 1.06 bits per heavy atom. The fraction of sp³-hybridized carbons (Fsp3) is 0.846. The maximum Gasteiger partial charge on any atom is 0.307 e. The van der Waals surface area contributed by atoms with Crippen molar-refractivity contribution in [2.45, 2.75) is 52.9 Å². The fourth-order valence-electron chi connectivity index (χ4n) is 1.62. The van der Waals surface area contributed by atoms with E-state index in [1.165, 1.54) is 12.8 Å². The zero-order valence-electron chi connectivity index (χ0n) is 11.3. The summed E-state index contributed by atoms with van der Waals surface area (Å²) in [6.07, 6.45) is 4.82. The molecule has 0 fully saturated rings. The second kappa shape index (κ2) is 10.1. The van der Waals surface area contributed by atoms with Crippen molar-refractivity contribution in [3.05, 3.63) is 0 Å². The molecule has 0 aliphatic heterocycles. The van der Waals surface area contributed by atoms with Gasteiger partial charge in [-0.05, 0) is 13.3 Å². The largest absolute Gasteiger partial charge is 0.466 e. The van der Waals surface area contributed by atoms with Crippen molar-refractivity contribution >= 4 is 11.9 Å². The number of nitrogens with zero attached hydrogens (tertiary/aromatic N) is 1. The standard InChI is InChI=1S/C13H25NO3/c1-4-6-7-8-10-14(12(3)15)11-9-13(16)17-5-2/h4-11H2,1-3H3. The van der Waals surface area contributed by atoms with Crippen LogP contribution in [-0.2, 0) is 14.3 Å². The molecule has 0 heterocycles. The van der Waals surface area contributed by atoms with Crippen LogP contribution < -0.4 is 0 Å². The van der Waals surface area contributed by atoms with Crippen molar-refractivity contribution in [2.24, 2.45) is 0 Å². The lowest BCUT2D eigenvalue weighted by atomic mass is 10.2. The molecule has 100 valence electrons. The van der Waals surface area contributed by atoms with E-state index >= 15 is 0 Å². The summed E-state index contributed by atoms with van der Waals surface area (Å²) >= 11 is 0. The van der Waals surface area contributed by atoms with Crippen LogP contribution in [0.25, 0.3) is 0 Å². The lowest BCUT2D eigenvalue weighted by molar-refractivity contribution is -0.143. The van der Waals surface area contributed by atoms with Crippen LogP contribution in [0.1, 0.15) is 52.9 Å². The molecule has 0 radical (unpaired) electrons. The summed E-state index contributed by atoms with van der Waals surface area (Å²) in [6, 6.07) is 0. The van der Waals surface area contributed by atoms with Crippen LogP contribution in [-0.4, -0.2) is 36.5 Å². The number of hydrogen-bond acceptors (Lipinski definition) is 3. The number of amides is 1. The maximum absolute atomic E-state index is 11.4. The van der Waals surface area contributed by atoms with Gasteiger partial charge in [0, 0.05) is 20.0 Å². The molecular weight excluding hydrogens is 218 g/mol. The highest BCUT2D eigenvalue weighted by molar-refractivity contribution is 5.74. The van der Waals surface area contributed by atoms with E-state index < -0.39 is 0 Å². The first-order valence-electron chi connectivity index (χ1n) is 6.52. The molecule has 0 saturated heterocycles. The zero-order chi connectivity index (χ0) is 13.1. The molecule has 0 aromatic carbocycles. The van der Waals surface area contributed by atoms with Crippen molar-refractivity contribution < 1.29 is 14.3 Å². The van der Waals surface area contributed by atoms with E-state index in [2.05, 4.69) is 6.92 Å². The van der Waals surface area contributed by atoms with Crippen LogP contribution in [0.4, 0.5) is 0 Å². The van der Waals surface area contributed by atoms with Gasteiger partial charge < -0.3 is 9.64 Å². The van der Waals surface area contributed by atoms with Crippen LogP contribution in [0.3, 0.4) is 0 Å². The van der Waals surface area contributed by atoms with Gasteiger partial charge in [0.1, 0.15) is 0 Å². The molecule has 0 N–H and O–H groups in total. The Kier molecular flexibility index (Phi) is 9.49. The van der Waals surface area contributed by atoms with Crippen LogP contribution >= 0.6 is 0 Å². The Balaban J connectivity index is 3.82. The molecule has 0 rings (SSSR count). The molecule has 4 nitrogen and oxygen atoms in total. The molecule has 0 unspecified atom stereocenters. The molecule has 0 aliphatic rings. The van der Waals surface area contributed by atoms with Gasteiger partial charge in [-0.3, -0.25) is 9.59 Å². The van der Waals surface area contributed by atoms with Crippen molar-refractivity contribution in [1.29, 1.82) is 0 Å². The molecule has 1 amide bonds. The number of carbonyl (C=O) groups is 2. The summed E-state index contributed by atoms with van der Waals surface area (Å²) in [5.74, 6) is -0.196. The summed E-state index contributed by atoms with van der Waals surface area (Å²) in [5, 5.41) is 0. The monoisotopic (exact) mass is 243 g/mol. The van der Waals surface area contributed by atoms with E-state index in [4.69, 9.17) is 4.74 Å². The van der Waals surface area contributed by atoms with Gasteiger partial charge in [0.2, 0.25) is 5.91 Å². The average molecular weight is 243 g/mol. The summed E-state index contributed by atoms with van der Waals surface area (Å²) in [6.45, 7) is 7.10. The van der Waals surface area contributed by atoms with Gasteiger partial charge in [-0.1, -0.05) is 26.2 Å². The second-order valence-electron chi connectivity index (χ2n) is 4.12. The van der Waals surface area contributed by atoms with E-state index in [9.17, 15) is 9.59 Å². The number of ether oxygens (including phenoxy) is 1. The van der Waals surface area contributed by atoms with Crippen LogP contribution in [0.15, 0.2) is 0 Å². The minimum Gasteiger partial charge on any atom is -0.466 e. The number of esters is 1. The van der Waals surface area contributed by atoms with Crippen molar-refractivity contribution in [3.8, 4) is 0 Å². The van der Waals surface area contributed by atoms with Crippen LogP contribution in [0.5, 0.6) is 0 Å². The summed E-state index contributed by atoms with van der Waals surface area (Å²) in [5.41, 5.74) is 0. The molecule has 0 bridgehead atoms. The Morgan fingerprint density at radius 3 is 2.29 bits per heavy atom. The van der Waals surface area contributed by atoms with Crippen molar-refractivity contribution in [1.82, 2.24) is 4.90 Å². The minimum atomic E-state index is -0.229. The van der Waals surface area contributed by atoms with Gasteiger partial charge >= 0.3 is 5.97 Å². The highest BCUT2D eigenvalue weighted by Crippen LogP contribution is 2.03. The Labute approximate surface area is 104 Å². The van der Waals surface area contributed by atoms with Crippen LogP contribution in [0.2, 0.25) is 0 Å². The third-order valence-electron chi connectivity index (χ3n) is 2.62. The Morgan fingerprint density at radius 2 is 1.76 bits per heavy atom. The van der Waals surface area contributed by atoms with E-state index in [0.29, 0.717) is 19.6 Å². The van der Waals surface area contributed by atoms with E-state index in [0.717, 1.165) is 19.4 Å². The third kappa shape index (κ3) is 8.72. The van der Waals surface area contributed by atoms with Crippen molar-refractivity contribution in [2.75, 3.05) is 19.7 Å². The van der Waals surface area contributed by atoms with E-state index in [-0.39, 0.29) is 11.9 Å². The highest BCUT2D eigenvalue weighted by Gasteiger charge is 2.10. The molecule has 0 atom stereocenters. The minimum absolute atomic E-state index is 0.0331. The smallest absolute Gasteiger partial charge is 0.307 e. The molecule has 0 saturated carbocycles. The van der Waals surface area contributed by atoms with E-state index in [1.54, 1.807) is 18.7 Å². The van der Waals surface area contributed by atoms with Gasteiger partial charge in [-0.2, -0.15) is 0 Å². The summed E-state index contributed by atoms with van der Waals surface area (Å²) in [4.78, 5) is 24.3. The summed E-state index contributed by atoms with van der Waals surface area (Å²) in [7, 11) is 0. The molecule has 0 aromatic rings. The highest BCUT2D eigenvalue weighted by atomic mass is 16.5. The molecule has 0 aromatic heterocycles. The molecule has 17 heavy (non-hydrogen) atoms. The van der Waals surface area contributed by atoms with Gasteiger partial charge in [0.25, 0.3) is 0 Å². The van der Waals surface area contributed by atoms with Gasteiger partial charge in [0.15, 0.2) is 0 Å². The topological polar surface area (TPSA) is 46.6 Å². The Bertz CT molecular complexity index is 229.